The minimum atomic E-state index is -3.55. The lowest BCUT2D eigenvalue weighted by molar-refractivity contribution is 0.586. The molecule has 1 aliphatic heterocycles. The fraction of sp³-hybridized carbons (Fsp3) is 0.294. The number of benzene rings is 2. The van der Waals surface area contributed by atoms with E-state index in [2.05, 4.69) is 0 Å². The van der Waals surface area contributed by atoms with Crippen LogP contribution in [0.25, 0.3) is 0 Å². The molecule has 2 N–H and O–H groups in total. The molecular weight excluding hydrogens is 332 g/mol. The average molecular weight is 353 g/mol. The Bertz CT molecular complexity index is 834. The van der Waals surface area contributed by atoms with Crippen molar-refractivity contribution in [3.05, 3.63) is 53.1 Å². The maximum absolute atomic E-state index is 13.0. The van der Waals surface area contributed by atoms with Crippen molar-refractivity contribution in [3.8, 4) is 0 Å². The van der Waals surface area contributed by atoms with E-state index in [1.807, 2.05) is 38.1 Å². The van der Waals surface area contributed by atoms with E-state index >= 15 is 0 Å². The molecule has 0 saturated heterocycles. The Morgan fingerprint density at radius 1 is 1.09 bits per heavy atom. The van der Waals surface area contributed by atoms with Gasteiger partial charge in [0.05, 0.1) is 10.6 Å². The highest BCUT2D eigenvalue weighted by atomic mass is 35.5. The number of sulfonamides is 1. The summed E-state index contributed by atoms with van der Waals surface area (Å²) < 4.78 is 27.5. The number of halogens is 1. The predicted molar refractivity (Wildman–Crippen MR) is 96.9 cm³/mol. The summed E-state index contributed by atoms with van der Waals surface area (Å²) in [6.45, 7) is 4.39. The van der Waals surface area contributed by atoms with Crippen molar-refractivity contribution in [2.75, 3.05) is 16.6 Å². The molecule has 0 aromatic heterocycles. The third-order valence-electron chi connectivity index (χ3n) is 4.31. The van der Waals surface area contributed by atoms with Crippen LogP contribution in [-0.4, -0.2) is 15.0 Å². The van der Waals surface area contributed by atoms with Gasteiger partial charge in [-0.3, -0.25) is 4.31 Å². The largest absolute Gasteiger partial charge is 0.398 e. The molecule has 0 aliphatic carbocycles. The van der Waals surface area contributed by atoms with Crippen molar-refractivity contribution in [2.24, 2.45) is 0 Å². The van der Waals surface area contributed by atoms with Gasteiger partial charge in [0.2, 0.25) is 0 Å². The van der Waals surface area contributed by atoms with Crippen LogP contribution in [0.3, 0.4) is 0 Å². The van der Waals surface area contributed by atoms with Gasteiger partial charge in [-0.15, -0.1) is 12.4 Å². The Morgan fingerprint density at radius 3 is 2.52 bits per heavy atom. The first-order chi connectivity index (χ1) is 10.4. The second-order valence-corrected chi connectivity index (χ2v) is 7.63. The quantitative estimate of drug-likeness (QED) is 0.842. The average Bonchev–Trinajstić information content (AvgIpc) is 2.50. The number of nitrogen functional groups attached to an aromatic ring is 1. The molecule has 0 spiro atoms. The highest BCUT2D eigenvalue weighted by molar-refractivity contribution is 7.92. The number of nitrogens with zero attached hydrogens (tertiary/aromatic N) is 1. The number of anilines is 2. The molecule has 0 unspecified atom stereocenters. The summed E-state index contributed by atoms with van der Waals surface area (Å²) in [6.07, 6.45) is 1.60. The molecule has 23 heavy (non-hydrogen) atoms. The van der Waals surface area contributed by atoms with Crippen molar-refractivity contribution in [1.82, 2.24) is 0 Å². The first kappa shape index (κ1) is 17.6. The van der Waals surface area contributed by atoms with Crippen LogP contribution in [0.2, 0.25) is 0 Å². The van der Waals surface area contributed by atoms with Crippen LogP contribution in [0, 0.1) is 13.8 Å². The molecule has 0 atom stereocenters. The molecule has 0 amide bonds. The van der Waals surface area contributed by atoms with Gasteiger partial charge in [0, 0.05) is 12.2 Å². The molecule has 6 heteroatoms. The van der Waals surface area contributed by atoms with Gasteiger partial charge in [-0.25, -0.2) is 8.42 Å². The van der Waals surface area contributed by atoms with Crippen LogP contribution in [0.15, 0.2) is 41.3 Å². The summed E-state index contributed by atoms with van der Waals surface area (Å²) in [6, 6.07) is 10.7. The van der Waals surface area contributed by atoms with E-state index in [1.165, 1.54) is 4.31 Å². The molecule has 2 aromatic carbocycles. The fourth-order valence-corrected chi connectivity index (χ4v) is 4.49. The lowest BCUT2D eigenvalue weighted by Gasteiger charge is -2.31. The maximum Gasteiger partial charge on any atom is 0.264 e. The summed E-state index contributed by atoms with van der Waals surface area (Å²) >= 11 is 0. The van der Waals surface area contributed by atoms with Crippen LogP contribution in [-0.2, 0) is 16.4 Å². The highest BCUT2D eigenvalue weighted by Crippen LogP contribution is 2.35. The zero-order chi connectivity index (χ0) is 15.9. The molecule has 124 valence electrons. The summed E-state index contributed by atoms with van der Waals surface area (Å²) in [5.74, 6) is 0. The Morgan fingerprint density at radius 2 is 1.83 bits per heavy atom. The third kappa shape index (κ3) is 3.03. The predicted octanol–water partition coefficient (Wildman–Crippen LogP) is 3.45. The Labute approximate surface area is 143 Å². The Hall–Kier alpha value is -1.72. The summed E-state index contributed by atoms with van der Waals surface area (Å²) in [5.41, 5.74) is 10.4. The van der Waals surface area contributed by atoms with Crippen LogP contribution >= 0.6 is 12.4 Å². The summed E-state index contributed by atoms with van der Waals surface area (Å²) in [4.78, 5) is 0.339. The van der Waals surface area contributed by atoms with Gasteiger partial charge in [-0.2, -0.15) is 0 Å². The number of hydrogen-bond donors (Lipinski definition) is 1. The number of hydrogen-bond acceptors (Lipinski definition) is 3. The molecule has 0 bridgehead atoms. The number of fused-ring (bicyclic) bond motifs is 1. The minimum Gasteiger partial charge on any atom is -0.398 e. The molecule has 3 rings (SSSR count). The number of rotatable bonds is 2. The Balaban J connectivity index is 0.00000192. The molecule has 0 saturated carbocycles. The van der Waals surface area contributed by atoms with E-state index in [0.717, 1.165) is 29.5 Å². The SMILES string of the molecule is Cc1ccc(S(=O)(=O)N2CCCc3c(N)cccc32)cc1C.Cl. The molecule has 1 aliphatic rings. The van der Waals surface area contributed by atoms with Gasteiger partial charge in [-0.1, -0.05) is 12.1 Å². The molecule has 4 nitrogen and oxygen atoms in total. The van der Waals surface area contributed by atoms with Gasteiger partial charge >= 0.3 is 0 Å². The van der Waals surface area contributed by atoms with Crippen LogP contribution in [0.1, 0.15) is 23.1 Å². The maximum atomic E-state index is 13.0. The molecule has 2 aromatic rings. The van der Waals surface area contributed by atoms with Gasteiger partial charge in [0.1, 0.15) is 0 Å². The van der Waals surface area contributed by atoms with Crippen molar-refractivity contribution >= 4 is 33.8 Å². The second kappa shape index (κ2) is 6.42. The molecular formula is C17H21ClN2O2S. The molecule has 0 radical (unpaired) electrons. The number of aryl methyl sites for hydroxylation is 2. The topological polar surface area (TPSA) is 63.4 Å². The van der Waals surface area contributed by atoms with Gasteiger partial charge in [-0.05, 0) is 67.6 Å². The first-order valence-electron chi connectivity index (χ1n) is 7.38. The zero-order valence-corrected chi connectivity index (χ0v) is 14.9. The molecule has 0 fully saturated rings. The van der Waals surface area contributed by atoms with Crippen molar-refractivity contribution in [3.63, 3.8) is 0 Å². The Kier molecular flexibility index (Phi) is 4.92. The van der Waals surface area contributed by atoms with Gasteiger partial charge in [0.15, 0.2) is 0 Å². The third-order valence-corrected chi connectivity index (χ3v) is 6.12. The van der Waals surface area contributed by atoms with E-state index < -0.39 is 10.0 Å². The first-order valence-corrected chi connectivity index (χ1v) is 8.82. The van der Waals surface area contributed by atoms with Crippen LogP contribution in [0.4, 0.5) is 11.4 Å². The number of nitrogens with two attached hydrogens (primary N) is 1. The standard InChI is InChI=1S/C17H20N2O2S.ClH/c1-12-8-9-14(11-13(12)2)22(20,21)19-10-4-5-15-16(18)6-3-7-17(15)19;/h3,6-9,11H,4-5,10,18H2,1-2H3;1H. The van der Waals surface area contributed by atoms with Gasteiger partial charge < -0.3 is 5.73 Å². The monoisotopic (exact) mass is 352 g/mol. The zero-order valence-electron chi connectivity index (χ0n) is 13.2. The highest BCUT2D eigenvalue weighted by Gasteiger charge is 2.29. The van der Waals surface area contributed by atoms with E-state index in [1.54, 1.807) is 12.1 Å². The summed E-state index contributed by atoms with van der Waals surface area (Å²) in [5, 5.41) is 0. The van der Waals surface area contributed by atoms with E-state index in [9.17, 15) is 8.42 Å². The summed E-state index contributed by atoms with van der Waals surface area (Å²) in [7, 11) is -3.55. The smallest absolute Gasteiger partial charge is 0.264 e. The fourth-order valence-electron chi connectivity index (χ4n) is 2.87. The lowest BCUT2D eigenvalue weighted by Crippen LogP contribution is -2.35. The minimum absolute atomic E-state index is 0. The lowest BCUT2D eigenvalue weighted by atomic mass is 10.0. The van der Waals surface area contributed by atoms with Crippen LogP contribution in [0.5, 0.6) is 0 Å². The van der Waals surface area contributed by atoms with E-state index in [4.69, 9.17) is 5.73 Å². The van der Waals surface area contributed by atoms with Crippen molar-refractivity contribution in [2.45, 2.75) is 31.6 Å². The second-order valence-electron chi connectivity index (χ2n) is 5.77. The van der Waals surface area contributed by atoms with Gasteiger partial charge in [0.25, 0.3) is 10.0 Å². The van der Waals surface area contributed by atoms with Crippen LogP contribution < -0.4 is 10.0 Å². The van der Waals surface area contributed by atoms with Crippen molar-refractivity contribution < 1.29 is 8.42 Å². The molecule has 1 heterocycles. The van der Waals surface area contributed by atoms with E-state index in [-0.39, 0.29) is 12.4 Å². The normalized spacial score (nSPS) is 14.1. The van der Waals surface area contributed by atoms with Crippen molar-refractivity contribution in [1.29, 1.82) is 0 Å². The van der Waals surface area contributed by atoms with E-state index in [0.29, 0.717) is 22.8 Å².